The molecule has 1 aromatic heterocycles. The molecule has 0 spiro atoms. The third-order valence-corrected chi connectivity index (χ3v) is 4.25. The summed E-state index contributed by atoms with van der Waals surface area (Å²) in [6.07, 6.45) is -4.35. The van der Waals surface area contributed by atoms with Gasteiger partial charge in [-0.05, 0) is 18.9 Å². The maximum Gasteiger partial charge on any atom is 0.408 e. The fourth-order valence-corrected chi connectivity index (χ4v) is 3.19. The van der Waals surface area contributed by atoms with E-state index >= 15 is 0 Å². The maximum absolute atomic E-state index is 13.0. The van der Waals surface area contributed by atoms with Gasteiger partial charge in [0, 0.05) is 13.1 Å². The molecule has 1 aromatic rings. The van der Waals surface area contributed by atoms with Crippen molar-refractivity contribution < 1.29 is 32.6 Å². The van der Waals surface area contributed by atoms with Gasteiger partial charge >= 0.3 is 12.1 Å². The second-order valence-corrected chi connectivity index (χ2v) is 5.60. The van der Waals surface area contributed by atoms with Crippen LogP contribution in [0.4, 0.5) is 13.2 Å². The van der Waals surface area contributed by atoms with Gasteiger partial charge in [-0.15, -0.1) is 0 Å². The van der Waals surface area contributed by atoms with Crippen LogP contribution in [0.5, 0.6) is 0 Å². The lowest BCUT2D eigenvalue weighted by atomic mass is 10.1. The van der Waals surface area contributed by atoms with Crippen LogP contribution in [0.1, 0.15) is 39.4 Å². The SMILES string of the molecule is O=C(O)c1cc(C(=O)N2CCCC2C(F)(F)F)c2n1CCOC2. The molecule has 3 heterocycles. The molecule has 1 fully saturated rings. The third-order valence-electron chi connectivity index (χ3n) is 4.25. The Kier molecular flexibility index (Phi) is 3.83. The Morgan fingerprint density at radius 3 is 2.70 bits per heavy atom. The van der Waals surface area contributed by atoms with Crippen molar-refractivity contribution in [1.82, 2.24) is 9.47 Å². The maximum atomic E-state index is 13.0. The molecule has 126 valence electrons. The third kappa shape index (κ3) is 2.69. The summed E-state index contributed by atoms with van der Waals surface area (Å²) in [5.74, 6) is -2.01. The highest BCUT2D eigenvalue weighted by molar-refractivity contribution is 5.99. The van der Waals surface area contributed by atoms with Crippen LogP contribution in [0.25, 0.3) is 0 Å². The number of carbonyl (C=O) groups is 2. The number of carboxylic acids is 1. The molecule has 0 aromatic carbocycles. The predicted molar refractivity (Wildman–Crippen MR) is 71.2 cm³/mol. The van der Waals surface area contributed by atoms with E-state index in [9.17, 15) is 27.9 Å². The first-order valence-electron chi connectivity index (χ1n) is 7.22. The van der Waals surface area contributed by atoms with Gasteiger partial charge in [0.05, 0.1) is 24.5 Å². The molecule has 1 unspecified atom stereocenters. The number of fused-ring (bicyclic) bond motifs is 1. The lowest BCUT2D eigenvalue weighted by Crippen LogP contribution is -2.44. The molecule has 1 N–H and O–H groups in total. The number of amides is 1. The van der Waals surface area contributed by atoms with Gasteiger partial charge in [0.15, 0.2) is 0 Å². The van der Waals surface area contributed by atoms with E-state index in [1.165, 1.54) is 4.57 Å². The van der Waals surface area contributed by atoms with Gasteiger partial charge in [0.25, 0.3) is 5.91 Å². The molecule has 1 atom stereocenters. The van der Waals surface area contributed by atoms with Gasteiger partial charge in [-0.3, -0.25) is 4.79 Å². The summed E-state index contributed by atoms with van der Waals surface area (Å²) in [4.78, 5) is 24.7. The van der Waals surface area contributed by atoms with E-state index in [0.29, 0.717) is 12.3 Å². The van der Waals surface area contributed by atoms with Crippen LogP contribution in [0.2, 0.25) is 0 Å². The fraction of sp³-hybridized carbons (Fsp3) is 0.571. The number of aromatic nitrogens is 1. The molecule has 9 heteroatoms. The van der Waals surface area contributed by atoms with Crippen molar-refractivity contribution in [2.75, 3.05) is 13.2 Å². The average molecular weight is 332 g/mol. The molecule has 1 amide bonds. The number of ether oxygens (including phenoxy) is 1. The van der Waals surface area contributed by atoms with Crippen molar-refractivity contribution in [1.29, 1.82) is 0 Å². The van der Waals surface area contributed by atoms with Gasteiger partial charge < -0.3 is 19.3 Å². The number of carboxylic acid groups (broad SMARTS) is 1. The molecule has 0 bridgehead atoms. The van der Waals surface area contributed by atoms with E-state index in [2.05, 4.69) is 0 Å². The molecule has 3 rings (SSSR count). The molecule has 6 nitrogen and oxygen atoms in total. The first kappa shape index (κ1) is 15.9. The number of alkyl halides is 3. The van der Waals surface area contributed by atoms with E-state index < -0.39 is 24.1 Å². The molecule has 2 aliphatic heterocycles. The number of carbonyl (C=O) groups excluding carboxylic acids is 1. The Labute approximate surface area is 129 Å². The first-order valence-corrected chi connectivity index (χ1v) is 7.22. The number of hydrogen-bond acceptors (Lipinski definition) is 3. The minimum Gasteiger partial charge on any atom is -0.477 e. The topological polar surface area (TPSA) is 71.8 Å². The number of hydrogen-bond donors (Lipinski definition) is 1. The Bertz CT molecular complexity index is 653. The van der Waals surface area contributed by atoms with E-state index in [4.69, 9.17) is 4.74 Å². The second-order valence-electron chi connectivity index (χ2n) is 5.60. The zero-order chi connectivity index (χ0) is 16.8. The standard InChI is InChI=1S/C14H15F3N2O4/c15-14(16,17)11-2-1-3-19(11)12(20)8-6-9(13(21)22)18-4-5-23-7-10(8)18/h6,11H,1-5,7H2,(H,21,22). The fourth-order valence-electron chi connectivity index (χ4n) is 3.19. The van der Waals surface area contributed by atoms with Crippen LogP contribution < -0.4 is 0 Å². The normalized spacial score (nSPS) is 21.3. The number of aromatic carboxylic acids is 1. The summed E-state index contributed by atoms with van der Waals surface area (Å²) in [5, 5.41) is 9.22. The first-order chi connectivity index (χ1) is 10.8. The highest BCUT2D eigenvalue weighted by atomic mass is 19.4. The predicted octanol–water partition coefficient (Wildman–Crippen LogP) is 1.88. The van der Waals surface area contributed by atoms with E-state index in [1.54, 1.807) is 0 Å². The summed E-state index contributed by atoms with van der Waals surface area (Å²) in [6, 6.07) is -0.663. The summed E-state index contributed by atoms with van der Waals surface area (Å²) in [6.45, 7) is 0.577. The Morgan fingerprint density at radius 2 is 2.04 bits per heavy atom. The second kappa shape index (κ2) is 5.55. The largest absolute Gasteiger partial charge is 0.477 e. The molecule has 0 saturated carbocycles. The Morgan fingerprint density at radius 1 is 1.30 bits per heavy atom. The van der Waals surface area contributed by atoms with Gasteiger partial charge in [-0.2, -0.15) is 13.2 Å². The highest BCUT2D eigenvalue weighted by Gasteiger charge is 2.48. The number of halogens is 3. The zero-order valence-electron chi connectivity index (χ0n) is 12.1. The van der Waals surface area contributed by atoms with Crippen molar-refractivity contribution in [3.63, 3.8) is 0 Å². The Balaban J connectivity index is 1.98. The smallest absolute Gasteiger partial charge is 0.408 e. The molecular weight excluding hydrogens is 317 g/mol. The lowest BCUT2D eigenvalue weighted by Gasteiger charge is -2.27. The lowest BCUT2D eigenvalue weighted by molar-refractivity contribution is -0.169. The molecule has 0 radical (unpaired) electrons. The number of nitrogens with zero attached hydrogens (tertiary/aromatic N) is 2. The summed E-state index contributed by atoms with van der Waals surface area (Å²) in [5.41, 5.74) is 0.208. The molecule has 23 heavy (non-hydrogen) atoms. The quantitative estimate of drug-likeness (QED) is 0.898. The number of likely N-dealkylation sites (tertiary alicyclic amines) is 1. The molecule has 2 aliphatic rings. The van der Waals surface area contributed by atoms with Crippen molar-refractivity contribution in [3.8, 4) is 0 Å². The van der Waals surface area contributed by atoms with Crippen LogP contribution in [0, 0.1) is 0 Å². The molecule has 1 saturated heterocycles. The zero-order valence-corrected chi connectivity index (χ0v) is 12.1. The van der Waals surface area contributed by atoms with Crippen LogP contribution in [0.15, 0.2) is 6.07 Å². The van der Waals surface area contributed by atoms with Gasteiger partial charge in [0.2, 0.25) is 0 Å². The van der Waals surface area contributed by atoms with Crippen molar-refractivity contribution in [2.45, 2.75) is 38.2 Å². The number of rotatable bonds is 2. The van der Waals surface area contributed by atoms with Crippen molar-refractivity contribution in [3.05, 3.63) is 23.0 Å². The van der Waals surface area contributed by atoms with Crippen molar-refractivity contribution >= 4 is 11.9 Å². The van der Waals surface area contributed by atoms with Crippen molar-refractivity contribution in [2.24, 2.45) is 0 Å². The molecular formula is C14H15F3N2O4. The minimum absolute atomic E-state index is 0.0108. The van der Waals surface area contributed by atoms with E-state index in [1.807, 2.05) is 0 Å². The summed E-state index contributed by atoms with van der Waals surface area (Å²) < 4.78 is 45.8. The summed E-state index contributed by atoms with van der Waals surface area (Å²) >= 11 is 0. The van der Waals surface area contributed by atoms with Crippen LogP contribution in [-0.4, -0.2) is 51.8 Å². The van der Waals surface area contributed by atoms with Gasteiger partial charge in [-0.25, -0.2) is 4.79 Å². The average Bonchev–Trinajstić information content (AvgIpc) is 3.11. The minimum atomic E-state index is -4.49. The summed E-state index contributed by atoms with van der Waals surface area (Å²) in [7, 11) is 0. The molecule has 0 aliphatic carbocycles. The van der Waals surface area contributed by atoms with Crippen LogP contribution in [-0.2, 0) is 17.9 Å². The van der Waals surface area contributed by atoms with E-state index in [0.717, 1.165) is 11.0 Å². The van der Waals surface area contributed by atoms with Gasteiger partial charge in [0.1, 0.15) is 11.7 Å². The van der Waals surface area contributed by atoms with E-state index in [-0.39, 0.29) is 43.8 Å². The highest BCUT2D eigenvalue weighted by Crippen LogP contribution is 2.34. The Hall–Kier alpha value is -2.03. The monoisotopic (exact) mass is 332 g/mol. The van der Waals surface area contributed by atoms with Gasteiger partial charge in [-0.1, -0.05) is 0 Å². The van der Waals surface area contributed by atoms with Crippen LogP contribution >= 0.6 is 0 Å². The van der Waals surface area contributed by atoms with Crippen LogP contribution in [0.3, 0.4) is 0 Å².